The topological polar surface area (TPSA) is 32.3 Å². The van der Waals surface area contributed by atoms with Crippen molar-refractivity contribution < 1.29 is 4.79 Å². The fourth-order valence-electron chi connectivity index (χ4n) is 1.10. The van der Waals surface area contributed by atoms with E-state index in [1.165, 1.54) is 6.08 Å². The van der Waals surface area contributed by atoms with Gasteiger partial charge in [-0.1, -0.05) is 18.2 Å². The van der Waals surface area contributed by atoms with Gasteiger partial charge in [-0.25, -0.2) is 0 Å². The van der Waals surface area contributed by atoms with E-state index < -0.39 is 0 Å². The maximum Gasteiger partial charge on any atom is 0.252 e. The number of nitrogens with one attached hydrogen (secondary N) is 1. The molecule has 0 aromatic rings. The highest BCUT2D eigenvalue weighted by Gasteiger charge is 2.21. The van der Waals surface area contributed by atoms with E-state index in [4.69, 9.17) is 11.6 Å². The Kier molecular flexibility index (Phi) is 2.43. The quantitative estimate of drug-likeness (QED) is 0.628. The molecule has 0 atom stereocenters. The highest BCUT2D eigenvalue weighted by Crippen LogP contribution is 2.20. The predicted octanol–water partition coefficient (Wildman–Crippen LogP) is 1.38. The Morgan fingerprint density at radius 2 is 2.25 bits per heavy atom. The van der Waals surface area contributed by atoms with Crippen LogP contribution in [-0.2, 0) is 4.79 Å². The lowest BCUT2D eigenvalue weighted by atomic mass is 10.3. The van der Waals surface area contributed by atoms with Gasteiger partial charge in [0.1, 0.15) is 11.0 Å². The fraction of sp³-hybridized carbons (Fsp3) is 0.375. The largest absolute Gasteiger partial charge is 0.316 e. The molecule has 4 heteroatoms. The van der Waals surface area contributed by atoms with Crippen molar-refractivity contribution >= 4 is 17.5 Å². The summed E-state index contributed by atoms with van der Waals surface area (Å²) in [5.74, 6) is 0.310. The van der Waals surface area contributed by atoms with Gasteiger partial charge in [-0.3, -0.25) is 4.79 Å². The second-order valence-electron chi connectivity index (χ2n) is 2.87. The first-order chi connectivity index (χ1) is 5.52. The van der Waals surface area contributed by atoms with Crippen LogP contribution >= 0.6 is 11.6 Å². The van der Waals surface area contributed by atoms with E-state index in [9.17, 15) is 4.79 Å². The van der Waals surface area contributed by atoms with E-state index in [0.717, 1.165) is 0 Å². The standard InChI is InChI=1S/C8H11ClN2O/c1-5(2)11-6(3)10-8(12)4-7(11)9/h4-5H,3H2,1-2H3,(H,10,12). The minimum absolute atomic E-state index is 0.196. The molecule has 1 amide bonds. The maximum absolute atomic E-state index is 10.9. The molecular weight excluding hydrogens is 176 g/mol. The molecule has 0 spiro atoms. The summed E-state index contributed by atoms with van der Waals surface area (Å²) < 4.78 is 0. The molecule has 1 aliphatic rings. The van der Waals surface area contributed by atoms with Crippen LogP contribution < -0.4 is 5.32 Å². The van der Waals surface area contributed by atoms with Gasteiger partial charge in [0.2, 0.25) is 0 Å². The maximum atomic E-state index is 10.9. The monoisotopic (exact) mass is 186 g/mol. The van der Waals surface area contributed by atoms with Crippen molar-refractivity contribution in [3.63, 3.8) is 0 Å². The normalized spacial score (nSPS) is 18.0. The summed E-state index contributed by atoms with van der Waals surface area (Å²) in [6, 6.07) is 0.196. The summed E-state index contributed by atoms with van der Waals surface area (Å²) in [5, 5.41) is 2.99. The number of halogens is 1. The number of rotatable bonds is 1. The van der Waals surface area contributed by atoms with Crippen molar-refractivity contribution in [2.75, 3.05) is 0 Å². The highest BCUT2D eigenvalue weighted by atomic mass is 35.5. The first-order valence-electron chi connectivity index (χ1n) is 3.68. The molecule has 0 bridgehead atoms. The van der Waals surface area contributed by atoms with Gasteiger partial charge in [-0.15, -0.1) is 0 Å². The number of carbonyl (C=O) groups excluding carboxylic acids is 1. The lowest BCUT2D eigenvalue weighted by Crippen LogP contribution is -2.40. The Balaban J connectivity index is 2.94. The molecule has 0 saturated carbocycles. The number of amides is 1. The van der Waals surface area contributed by atoms with Gasteiger partial charge in [0.05, 0.1) is 0 Å². The second kappa shape index (κ2) is 3.19. The third-order valence-electron chi connectivity index (χ3n) is 1.56. The average molecular weight is 187 g/mol. The zero-order valence-electron chi connectivity index (χ0n) is 7.10. The van der Waals surface area contributed by atoms with Crippen LogP contribution in [0.25, 0.3) is 0 Å². The highest BCUT2D eigenvalue weighted by molar-refractivity contribution is 6.31. The zero-order chi connectivity index (χ0) is 9.30. The summed E-state index contributed by atoms with van der Waals surface area (Å²) in [6.45, 7) is 7.63. The Bertz CT molecular complexity index is 258. The molecule has 66 valence electrons. The fourth-order valence-corrected chi connectivity index (χ4v) is 1.50. The summed E-state index contributed by atoms with van der Waals surface area (Å²) >= 11 is 5.83. The molecule has 3 nitrogen and oxygen atoms in total. The molecule has 0 aliphatic carbocycles. The molecule has 0 fully saturated rings. The van der Waals surface area contributed by atoms with E-state index in [1.807, 2.05) is 13.8 Å². The third-order valence-corrected chi connectivity index (χ3v) is 1.85. The van der Waals surface area contributed by atoms with Crippen molar-refractivity contribution in [3.05, 3.63) is 23.6 Å². The van der Waals surface area contributed by atoms with E-state index in [0.29, 0.717) is 11.0 Å². The van der Waals surface area contributed by atoms with Crippen molar-refractivity contribution in [3.8, 4) is 0 Å². The van der Waals surface area contributed by atoms with Crippen LogP contribution in [0.3, 0.4) is 0 Å². The van der Waals surface area contributed by atoms with Gasteiger partial charge in [0.15, 0.2) is 0 Å². The number of hydrogen-bond acceptors (Lipinski definition) is 2. The first kappa shape index (κ1) is 9.13. The summed E-state index contributed by atoms with van der Waals surface area (Å²) in [4.78, 5) is 12.6. The predicted molar refractivity (Wildman–Crippen MR) is 48.2 cm³/mol. The summed E-state index contributed by atoms with van der Waals surface area (Å²) in [5.41, 5.74) is 0. The van der Waals surface area contributed by atoms with Crippen LogP contribution in [0.15, 0.2) is 23.6 Å². The second-order valence-corrected chi connectivity index (χ2v) is 3.25. The van der Waals surface area contributed by atoms with Crippen LogP contribution in [-0.4, -0.2) is 16.8 Å². The van der Waals surface area contributed by atoms with Crippen molar-refractivity contribution in [1.29, 1.82) is 0 Å². The molecule has 0 saturated heterocycles. The smallest absolute Gasteiger partial charge is 0.252 e. The zero-order valence-corrected chi connectivity index (χ0v) is 7.85. The van der Waals surface area contributed by atoms with Crippen molar-refractivity contribution in [2.45, 2.75) is 19.9 Å². The summed E-state index contributed by atoms with van der Waals surface area (Å²) in [7, 11) is 0. The van der Waals surface area contributed by atoms with Crippen LogP contribution in [0.2, 0.25) is 0 Å². The molecule has 0 aromatic carbocycles. The lowest BCUT2D eigenvalue weighted by molar-refractivity contribution is -0.116. The molecule has 1 rings (SSSR count). The molecule has 1 N–H and O–H groups in total. The number of nitrogens with zero attached hydrogens (tertiary/aromatic N) is 1. The third kappa shape index (κ3) is 1.61. The molecule has 12 heavy (non-hydrogen) atoms. The van der Waals surface area contributed by atoms with Gasteiger partial charge >= 0.3 is 0 Å². The van der Waals surface area contributed by atoms with Crippen LogP contribution in [0.5, 0.6) is 0 Å². The minimum atomic E-state index is -0.220. The van der Waals surface area contributed by atoms with E-state index in [-0.39, 0.29) is 11.9 Å². The van der Waals surface area contributed by atoms with Gasteiger partial charge in [-0.05, 0) is 13.8 Å². The average Bonchev–Trinajstić information content (AvgIpc) is 1.82. The van der Waals surface area contributed by atoms with Crippen LogP contribution in [0, 0.1) is 0 Å². The first-order valence-corrected chi connectivity index (χ1v) is 4.06. The summed E-state index contributed by atoms with van der Waals surface area (Å²) in [6.07, 6.45) is 1.34. The molecular formula is C8H11ClN2O. The molecule has 0 radical (unpaired) electrons. The van der Waals surface area contributed by atoms with Crippen LogP contribution in [0.4, 0.5) is 0 Å². The van der Waals surface area contributed by atoms with E-state index in [1.54, 1.807) is 4.90 Å². The lowest BCUT2D eigenvalue weighted by Gasteiger charge is -2.32. The molecule has 1 heterocycles. The molecule has 0 aromatic heterocycles. The minimum Gasteiger partial charge on any atom is -0.316 e. The van der Waals surface area contributed by atoms with Gasteiger partial charge in [0.25, 0.3) is 5.91 Å². The van der Waals surface area contributed by atoms with Gasteiger partial charge < -0.3 is 10.2 Å². The number of hydrogen-bond donors (Lipinski definition) is 1. The number of carbonyl (C=O) groups is 1. The van der Waals surface area contributed by atoms with E-state index in [2.05, 4.69) is 11.9 Å². The van der Waals surface area contributed by atoms with Crippen LogP contribution in [0.1, 0.15) is 13.8 Å². The Labute approximate surface area is 76.7 Å². The van der Waals surface area contributed by atoms with Crippen molar-refractivity contribution in [1.82, 2.24) is 10.2 Å². The van der Waals surface area contributed by atoms with Gasteiger partial charge in [-0.2, -0.15) is 0 Å². The molecule has 1 aliphatic heterocycles. The van der Waals surface area contributed by atoms with Gasteiger partial charge in [0, 0.05) is 12.1 Å². The SMILES string of the molecule is C=C1NC(=O)C=C(Cl)N1C(C)C. The Hall–Kier alpha value is -0.960. The molecule has 0 unspecified atom stereocenters. The Morgan fingerprint density at radius 3 is 2.67 bits per heavy atom. The van der Waals surface area contributed by atoms with Crippen molar-refractivity contribution in [2.24, 2.45) is 0 Å². The van der Waals surface area contributed by atoms with E-state index >= 15 is 0 Å². The Morgan fingerprint density at radius 1 is 1.67 bits per heavy atom.